The monoisotopic (exact) mass is 310 g/mol. The Morgan fingerprint density at radius 1 is 1.24 bits per heavy atom. The van der Waals surface area contributed by atoms with E-state index < -0.39 is 0 Å². The highest BCUT2D eigenvalue weighted by Gasteiger charge is 2.28. The van der Waals surface area contributed by atoms with Crippen molar-refractivity contribution in [1.82, 2.24) is 10.2 Å². The molecule has 3 rings (SSSR count). The molecule has 0 aromatic heterocycles. The van der Waals surface area contributed by atoms with Gasteiger partial charge >= 0.3 is 0 Å². The highest BCUT2D eigenvalue weighted by Crippen LogP contribution is 2.28. The van der Waals surface area contributed by atoms with Gasteiger partial charge in [0.15, 0.2) is 0 Å². The lowest BCUT2D eigenvalue weighted by atomic mass is 9.83. The first-order valence-corrected chi connectivity index (χ1v) is 8.50. The second kappa shape index (κ2) is 7.08. The molecule has 1 saturated heterocycles. The van der Waals surface area contributed by atoms with E-state index in [1.165, 1.54) is 38.2 Å². The smallest absolute Gasteiger partial charge is 0.127 e. The standard InChI is InChI=1S/C17H24ClFN2/c18-15-6-7-16(19)14(10-15)11-21-9-8-20-17(12-21)13-4-2-1-3-5-13/h6-7,10,13,17,20H,1-5,8-9,11-12H2. The SMILES string of the molecule is Fc1ccc(Cl)cc1CN1CCNC(C2CCCCC2)C1. The molecule has 2 fully saturated rings. The molecule has 1 unspecified atom stereocenters. The maximum Gasteiger partial charge on any atom is 0.127 e. The van der Waals surface area contributed by atoms with E-state index >= 15 is 0 Å². The van der Waals surface area contributed by atoms with Crippen LogP contribution in [0.15, 0.2) is 18.2 Å². The van der Waals surface area contributed by atoms with Crippen LogP contribution in [0.3, 0.4) is 0 Å². The molecule has 1 heterocycles. The number of piperazine rings is 1. The van der Waals surface area contributed by atoms with Gasteiger partial charge in [-0.05, 0) is 37.0 Å². The first kappa shape index (κ1) is 15.3. The Hall–Kier alpha value is -0.640. The van der Waals surface area contributed by atoms with E-state index in [1.807, 2.05) is 0 Å². The number of nitrogens with zero attached hydrogens (tertiary/aromatic N) is 1. The molecule has 21 heavy (non-hydrogen) atoms. The lowest BCUT2D eigenvalue weighted by Gasteiger charge is -2.39. The van der Waals surface area contributed by atoms with E-state index in [2.05, 4.69) is 10.2 Å². The molecule has 1 aromatic rings. The van der Waals surface area contributed by atoms with Crippen LogP contribution >= 0.6 is 11.6 Å². The molecule has 0 radical (unpaired) electrons. The van der Waals surface area contributed by atoms with Crippen molar-refractivity contribution >= 4 is 11.6 Å². The fourth-order valence-corrected chi connectivity index (χ4v) is 3.94. The predicted molar refractivity (Wildman–Crippen MR) is 85.1 cm³/mol. The zero-order valence-corrected chi connectivity index (χ0v) is 13.2. The summed E-state index contributed by atoms with van der Waals surface area (Å²) in [5, 5.41) is 4.29. The topological polar surface area (TPSA) is 15.3 Å². The van der Waals surface area contributed by atoms with Gasteiger partial charge in [-0.15, -0.1) is 0 Å². The number of hydrogen-bond donors (Lipinski definition) is 1. The first-order valence-electron chi connectivity index (χ1n) is 8.12. The van der Waals surface area contributed by atoms with Crippen molar-refractivity contribution in [1.29, 1.82) is 0 Å². The second-order valence-electron chi connectivity index (χ2n) is 6.43. The summed E-state index contributed by atoms with van der Waals surface area (Å²) >= 11 is 5.99. The van der Waals surface area contributed by atoms with Crippen molar-refractivity contribution < 1.29 is 4.39 Å². The van der Waals surface area contributed by atoms with E-state index in [9.17, 15) is 4.39 Å². The van der Waals surface area contributed by atoms with Gasteiger partial charge in [0.2, 0.25) is 0 Å². The number of nitrogens with one attached hydrogen (secondary N) is 1. The quantitative estimate of drug-likeness (QED) is 0.912. The normalized spacial score (nSPS) is 25.1. The van der Waals surface area contributed by atoms with E-state index in [1.54, 1.807) is 12.1 Å². The Morgan fingerprint density at radius 3 is 2.86 bits per heavy atom. The van der Waals surface area contributed by atoms with Crippen LogP contribution in [0.4, 0.5) is 4.39 Å². The van der Waals surface area contributed by atoms with Crippen LogP contribution in [-0.4, -0.2) is 30.6 Å². The number of halogens is 2. The van der Waals surface area contributed by atoms with Crippen LogP contribution in [0.25, 0.3) is 0 Å². The summed E-state index contributed by atoms with van der Waals surface area (Å²) in [5.41, 5.74) is 0.715. The average Bonchev–Trinajstić information content (AvgIpc) is 2.52. The molecule has 2 aliphatic rings. The third-order valence-electron chi connectivity index (χ3n) is 4.91. The third-order valence-corrected chi connectivity index (χ3v) is 5.15. The van der Waals surface area contributed by atoms with Crippen molar-refractivity contribution in [2.75, 3.05) is 19.6 Å². The van der Waals surface area contributed by atoms with Gasteiger partial charge in [-0.2, -0.15) is 0 Å². The third kappa shape index (κ3) is 3.97. The minimum absolute atomic E-state index is 0.146. The molecule has 1 aliphatic carbocycles. The summed E-state index contributed by atoms with van der Waals surface area (Å²) in [6, 6.07) is 5.41. The second-order valence-corrected chi connectivity index (χ2v) is 6.87. The minimum Gasteiger partial charge on any atom is -0.311 e. The van der Waals surface area contributed by atoms with Gasteiger partial charge in [0.25, 0.3) is 0 Å². The predicted octanol–water partition coefficient (Wildman–Crippen LogP) is 3.83. The largest absolute Gasteiger partial charge is 0.311 e. The maximum atomic E-state index is 13.9. The van der Waals surface area contributed by atoms with Crippen molar-refractivity contribution in [3.05, 3.63) is 34.6 Å². The molecule has 1 aromatic carbocycles. The highest BCUT2D eigenvalue weighted by molar-refractivity contribution is 6.30. The van der Waals surface area contributed by atoms with Gasteiger partial charge in [0.05, 0.1) is 0 Å². The number of hydrogen-bond acceptors (Lipinski definition) is 2. The molecule has 1 N–H and O–H groups in total. The highest BCUT2D eigenvalue weighted by atomic mass is 35.5. The van der Waals surface area contributed by atoms with Gasteiger partial charge in [-0.3, -0.25) is 4.90 Å². The molecule has 1 saturated carbocycles. The Bertz CT molecular complexity index is 474. The van der Waals surface area contributed by atoms with Crippen LogP contribution in [0.1, 0.15) is 37.7 Å². The van der Waals surface area contributed by atoms with Gasteiger partial charge in [-0.1, -0.05) is 30.9 Å². The molecule has 0 bridgehead atoms. The Kier molecular flexibility index (Phi) is 5.15. The number of rotatable bonds is 3. The van der Waals surface area contributed by atoms with Crippen LogP contribution in [0.5, 0.6) is 0 Å². The maximum absolute atomic E-state index is 13.9. The fourth-order valence-electron chi connectivity index (χ4n) is 3.74. The zero-order valence-electron chi connectivity index (χ0n) is 12.5. The summed E-state index contributed by atoms with van der Waals surface area (Å²) < 4.78 is 13.9. The van der Waals surface area contributed by atoms with Crippen molar-refractivity contribution in [2.45, 2.75) is 44.7 Å². The molecule has 116 valence electrons. The molecular formula is C17H24ClFN2. The Labute approximate surface area is 131 Å². The summed E-state index contributed by atoms with van der Waals surface area (Å²) in [5.74, 6) is 0.651. The molecule has 2 nitrogen and oxygen atoms in total. The van der Waals surface area contributed by atoms with Crippen molar-refractivity contribution in [3.8, 4) is 0 Å². The summed E-state index contributed by atoms with van der Waals surface area (Å²) in [6.07, 6.45) is 6.81. The van der Waals surface area contributed by atoms with Crippen LogP contribution in [0.2, 0.25) is 5.02 Å². The average molecular weight is 311 g/mol. The van der Waals surface area contributed by atoms with Gasteiger partial charge in [0.1, 0.15) is 5.82 Å². The molecule has 0 spiro atoms. The molecule has 1 aliphatic heterocycles. The van der Waals surface area contributed by atoms with Gasteiger partial charge in [-0.25, -0.2) is 4.39 Å². The minimum atomic E-state index is -0.146. The van der Waals surface area contributed by atoms with Crippen LogP contribution in [0, 0.1) is 11.7 Å². The Morgan fingerprint density at radius 2 is 2.05 bits per heavy atom. The van der Waals surface area contributed by atoms with E-state index in [0.29, 0.717) is 23.2 Å². The van der Waals surface area contributed by atoms with E-state index in [0.717, 1.165) is 25.6 Å². The zero-order chi connectivity index (χ0) is 14.7. The van der Waals surface area contributed by atoms with Crippen LogP contribution in [-0.2, 0) is 6.54 Å². The van der Waals surface area contributed by atoms with Gasteiger partial charge in [0, 0.05) is 42.8 Å². The van der Waals surface area contributed by atoms with Crippen LogP contribution < -0.4 is 5.32 Å². The molecule has 4 heteroatoms. The molecule has 1 atom stereocenters. The summed E-state index contributed by atoms with van der Waals surface area (Å²) in [4.78, 5) is 2.37. The van der Waals surface area contributed by atoms with Crippen molar-refractivity contribution in [2.24, 2.45) is 5.92 Å². The number of benzene rings is 1. The summed E-state index contributed by atoms with van der Waals surface area (Å²) in [7, 11) is 0. The molecular weight excluding hydrogens is 287 g/mol. The fraction of sp³-hybridized carbons (Fsp3) is 0.647. The van der Waals surface area contributed by atoms with Gasteiger partial charge < -0.3 is 5.32 Å². The lowest BCUT2D eigenvalue weighted by molar-refractivity contribution is 0.140. The van der Waals surface area contributed by atoms with E-state index in [-0.39, 0.29) is 5.82 Å². The molecule has 0 amide bonds. The van der Waals surface area contributed by atoms with E-state index in [4.69, 9.17) is 11.6 Å². The first-order chi connectivity index (χ1) is 10.2. The van der Waals surface area contributed by atoms with Crippen molar-refractivity contribution in [3.63, 3.8) is 0 Å². The summed E-state index contributed by atoms with van der Waals surface area (Å²) in [6.45, 7) is 3.67. The Balaban J connectivity index is 1.61. The lowest BCUT2D eigenvalue weighted by Crippen LogP contribution is -2.53.